The van der Waals surface area contributed by atoms with Gasteiger partial charge in [-0.25, -0.2) is 0 Å². The van der Waals surface area contributed by atoms with E-state index in [1.54, 1.807) is 6.07 Å². The van der Waals surface area contributed by atoms with Crippen molar-refractivity contribution in [2.45, 2.75) is 0 Å². The maximum atomic E-state index is 11.4. The lowest BCUT2D eigenvalue weighted by molar-refractivity contribution is -0.384. The summed E-state index contributed by atoms with van der Waals surface area (Å²) in [5, 5.41) is 16.8. The number of nitro groups is 1. The number of nitrogens with zero attached hydrogens (tertiary/aromatic N) is 2. The third-order valence-corrected chi connectivity index (χ3v) is 2.61. The average molecular weight is 230 g/mol. The monoisotopic (exact) mass is 230 g/mol. The van der Waals surface area contributed by atoms with Crippen LogP contribution >= 0.6 is 0 Å². The lowest BCUT2D eigenvalue weighted by Gasteiger charge is -1.97. The van der Waals surface area contributed by atoms with Gasteiger partial charge in [0.2, 0.25) is 0 Å². The van der Waals surface area contributed by atoms with Gasteiger partial charge in [-0.3, -0.25) is 30.1 Å². The average Bonchev–Trinajstić information content (AvgIpc) is 2.71. The second-order valence-corrected chi connectivity index (χ2v) is 3.58. The van der Waals surface area contributed by atoms with Crippen molar-refractivity contribution in [3.8, 4) is 0 Å². The summed E-state index contributed by atoms with van der Waals surface area (Å²) in [5.41, 5.74) is 0.803. The molecule has 0 bridgehead atoms. The Labute approximate surface area is 93.2 Å². The molecule has 7 heteroatoms. The smallest absolute Gasteiger partial charge is 0.273 e. The van der Waals surface area contributed by atoms with Crippen LogP contribution in [0.4, 0.5) is 5.69 Å². The van der Waals surface area contributed by atoms with Gasteiger partial charge in [-0.15, -0.1) is 0 Å². The van der Waals surface area contributed by atoms with Crippen LogP contribution in [0.1, 0.15) is 0 Å². The number of pyridine rings is 1. The van der Waals surface area contributed by atoms with Crippen molar-refractivity contribution in [1.82, 2.24) is 15.2 Å². The second kappa shape index (κ2) is 3.14. The van der Waals surface area contributed by atoms with E-state index in [-0.39, 0.29) is 11.2 Å². The molecule has 2 heterocycles. The van der Waals surface area contributed by atoms with Crippen molar-refractivity contribution < 1.29 is 4.92 Å². The summed E-state index contributed by atoms with van der Waals surface area (Å²) < 4.78 is 0. The summed E-state index contributed by atoms with van der Waals surface area (Å²) >= 11 is 0. The second-order valence-electron chi connectivity index (χ2n) is 3.58. The molecular formula is C10H6N4O3. The number of aromatic nitrogens is 3. The van der Waals surface area contributed by atoms with Crippen LogP contribution in [-0.2, 0) is 0 Å². The third-order valence-electron chi connectivity index (χ3n) is 2.61. The zero-order valence-corrected chi connectivity index (χ0v) is 8.43. The van der Waals surface area contributed by atoms with Crippen LogP contribution in [0.3, 0.4) is 0 Å². The van der Waals surface area contributed by atoms with Crippen molar-refractivity contribution in [3.05, 3.63) is 44.9 Å². The topological polar surface area (TPSA) is 105 Å². The fourth-order valence-corrected chi connectivity index (χ4v) is 1.79. The first-order chi connectivity index (χ1) is 8.16. The highest BCUT2D eigenvalue weighted by molar-refractivity contribution is 6.03. The Morgan fingerprint density at radius 1 is 1.24 bits per heavy atom. The predicted molar refractivity (Wildman–Crippen MR) is 60.9 cm³/mol. The first-order valence-corrected chi connectivity index (χ1v) is 4.80. The van der Waals surface area contributed by atoms with Crippen LogP contribution in [0.5, 0.6) is 0 Å². The number of benzene rings is 1. The lowest BCUT2D eigenvalue weighted by atomic mass is 10.1. The first-order valence-electron chi connectivity index (χ1n) is 4.80. The van der Waals surface area contributed by atoms with Crippen molar-refractivity contribution >= 4 is 27.5 Å². The van der Waals surface area contributed by atoms with Crippen molar-refractivity contribution in [1.29, 1.82) is 0 Å². The molecule has 0 atom stereocenters. The molecule has 1 aromatic carbocycles. The van der Waals surface area contributed by atoms with E-state index < -0.39 is 4.92 Å². The van der Waals surface area contributed by atoms with Crippen molar-refractivity contribution in [2.24, 2.45) is 0 Å². The number of nitro benzene ring substituents is 1. The summed E-state index contributed by atoms with van der Waals surface area (Å²) in [6, 6.07) is 4.33. The maximum Gasteiger partial charge on any atom is 0.273 e. The van der Waals surface area contributed by atoms with E-state index >= 15 is 0 Å². The number of hydrogen-bond donors (Lipinski definition) is 2. The van der Waals surface area contributed by atoms with Gasteiger partial charge in [-0.2, -0.15) is 0 Å². The molecule has 3 rings (SSSR count). The van der Waals surface area contributed by atoms with Crippen LogP contribution in [0.2, 0.25) is 0 Å². The molecule has 0 spiro atoms. The molecule has 17 heavy (non-hydrogen) atoms. The Morgan fingerprint density at radius 2 is 2.06 bits per heavy atom. The minimum atomic E-state index is -0.483. The quantitative estimate of drug-likeness (QED) is 0.485. The minimum Gasteiger partial charge on any atom is -0.297 e. The van der Waals surface area contributed by atoms with E-state index in [1.807, 2.05) is 0 Å². The fraction of sp³-hybridized carbons (Fsp3) is 0. The van der Waals surface area contributed by atoms with Gasteiger partial charge in [-0.1, -0.05) is 0 Å². The Morgan fingerprint density at radius 3 is 2.82 bits per heavy atom. The third kappa shape index (κ3) is 1.29. The van der Waals surface area contributed by atoms with Crippen LogP contribution in [-0.4, -0.2) is 20.1 Å². The molecule has 2 N–H and O–H groups in total. The van der Waals surface area contributed by atoms with Gasteiger partial charge in [0.25, 0.3) is 11.2 Å². The van der Waals surface area contributed by atoms with Gasteiger partial charge in [0.05, 0.1) is 21.3 Å². The molecule has 0 aliphatic rings. The predicted octanol–water partition coefficient (Wildman–Crippen LogP) is 1.31. The molecule has 0 unspecified atom stereocenters. The molecule has 0 fully saturated rings. The van der Waals surface area contributed by atoms with E-state index in [1.165, 1.54) is 18.3 Å². The van der Waals surface area contributed by atoms with E-state index in [9.17, 15) is 14.9 Å². The van der Waals surface area contributed by atoms with Crippen LogP contribution in [0, 0.1) is 10.1 Å². The molecule has 0 saturated carbocycles. The van der Waals surface area contributed by atoms with Gasteiger partial charge >= 0.3 is 0 Å². The number of nitrogens with one attached hydrogen (secondary N) is 2. The molecule has 2 aromatic heterocycles. The van der Waals surface area contributed by atoms with E-state index in [0.717, 1.165) is 0 Å². The highest BCUT2D eigenvalue weighted by Crippen LogP contribution is 2.23. The van der Waals surface area contributed by atoms with Crippen LogP contribution < -0.4 is 5.56 Å². The molecule has 3 aromatic rings. The Bertz CT molecular complexity index is 802. The van der Waals surface area contributed by atoms with Gasteiger partial charge in [0.15, 0.2) is 0 Å². The summed E-state index contributed by atoms with van der Waals surface area (Å²) in [6.07, 6.45) is 1.44. The highest BCUT2D eigenvalue weighted by Gasteiger charge is 2.11. The molecule has 0 amide bonds. The highest BCUT2D eigenvalue weighted by atomic mass is 16.6. The Kier molecular flexibility index (Phi) is 1.76. The lowest BCUT2D eigenvalue weighted by Crippen LogP contribution is -1.97. The van der Waals surface area contributed by atoms with Crippen LogP contribution in [0.25, 0.3) is 21.8 Å². The maximum absolute atomic E-state index is 11.4. The summed E-state index contributed by atoms with van der Waals surface area (Å²) in [4.78, 5) is 25.7. The molecular weight excluding hydrogens is 224 g/mol. The SMILES string of the molecule is O=c1[nH][nH]c2c1cnc1ccc([N+](=O)[O-])cc12. The van der Waals surface area contributed by atoms with Gasteiger partial charge < -0.3 is 0 Å². The van der Waals surface area contributed by atoms with Gasteiger partial charge in [-0.05, 0) is 6.07 Å². The van der Waals surface area contributed by atoms with Crippen molar-refractivity contribution in [2.75, 3.05) is 0 Å². The number of non-ortho nitro benzene ring substituents is 1. The largest absolute Gasteiger partial charge is 0.297 e. The summed E-state index contributed by atoms with van der Waals surface area (Å²) in [5.74, 6) is 0. The molecule has 0 saturated heterocycles. The number of H-pyrrole nitrogens is 2. The van der Waals surface area contributed by atoms with E-state index in [0.29, 0.717) is 21.8 Å². The van der Waals surface area contributed by atoms with Gasteiger partial charge in [0, 0.05) is 23.7 Å². The van der Waals surface area contributed by atoms with Crippen molar-refractivity contribution in [3.63, 3.8) is 0 Å². The zero-order valence-electron chi connectivity index (χ0n) is 8.43. The fourth-order valence-electron chi connectivity index (χ4n) is 1.79. The number of aromatic amines is 2. The molecule has 0 radical (unpaired) electrons. The van der Waals surface area contributed by atoms with Crippen LogP contribution in [0.15, 0.2) is 29.2 Å². The normalized spacial score (nSPS) is 11.1. The number of rotatable bonds is 1. The molecule has 0 aliphatic carbocycles. The van der Waals surface area contributed by atoms with Gasteiger partial charge in [0.1, 0.15) is 0 Å². The molecule has 0 aliphatic heterocycles. The van der Waals surface area contributed by atoms with E-state index in [2.05, 4.69) is 15.2 Å². The summed E-state index contributed by atoms with van der Waals surface area (Å²) in [6.45, 7) is 0. The molecule has 84 valence electrons. The molecule has 7 nitrogen and oxygen atoms in total. The van der Waals surface area contributed by atoms with E-state index in [4.69, 9.17) is 0 Å². The summed E-state index contributed by atoms with van der Waals surface area (Å²) in [7, 11) is 0. The first kappa shape index (κ1) is 9.52. The Hall–Kier alpha value is -2.70. The standard InChI is InChI=1S/C10H6N4O3/c15-10-7-4-11-8-2-1-5(14(16)17)3-6(8)9(7)12-13-10/h1-4H,(H2,12,13,15). The number of fused-ring (bicyclic) bond motifs is 3. The minimum absolute atomic E-state index is 0.0335. The zero-order chi connectivity index (χ0) is 12.0. The Balaban J connectivity index is 2.50. The number of hydrogen-bond acceptors (Lipinski definition) is 4.